The number of thioether (sulfide) groups is 1. The van der Waals surface area contributed by atoms with Crippen molar-refractivity contribution < 1.29 is 0 Å². The van der Waals surface area contributed by atoms with E-state index < -0.39 is 0 Å². The summed E-state index contributed by atoms with van der Waals surface area (Å²) in [5, 5.41) is 9.27. The maximum atomic E-state index is 4.13. The molecule has 0 unspecified atom stereocenters. The number of nitrogens with zero attached hydrogens (tertiary/aromatic N) is 4. The van der Waals surface area contributed by atoms with E-state index in [0.717, 1.165) is 30.6 Å². The Bertz CT molecular complexity index is 283. The average Bonchev–Trinajstić information content (AvgIpc) is 2.46. The molecule has 0 fully saturated rings. The van der Waals surface area contributed by atoms with Crippen molar-refractivity contribution in [1.82, 2.24) is 19.7 Å². The van der Waals surface area contributed by atoms with E-state index in [4.69, 9.17) is 0 Å². The first-order valence-electron chi connectivity index (χ1n) is 3.96. The second-order valence-corrected chi connectivity index (χ2v) is 3.77. The van der Waals surface area contributed by atoms with Crippen molar-refractivity contribution in [2.24, 2.45) is 0 Å². The lowest BCUT2D eigenvalue weighted by atomic mass is 10.4. The normalized spacial score (nSPS) is 17.8. The lowest BCUT2D eigenvalue weighted by molar-refractivity contribution is 0.259. The van der Waals surface area contributed by atoms with Crippen molar-refractivity contribution in [2.75, 3.05) is 19.8 Å². The van der Waals surface area contributed by atoms with Crippen LogP contribution in [0.1, 0.15) is 5.82 Å². The van der Waals surface area contributed by atoms with E-state index in [1.807, 2.05) is 6.26 Å². The lowest BCUT2D eigenvalue weighted by Gasteiger charge is -2.23. The van der Waals surface area contributed by atoms with Crippen LogP contribution in [0.2, 0.25) is 0 Å². The fraction of sp³-hybridized carbons (Fsp3) is 0.714. The molecule has 1 aromatic heterocycles. The molecule has 12 heavy (non-hydrogen) atoms. The largest absolute Gasteiger partial charge is 0.304 e. The van der Waals surface area contributed by atoms with Crippen molar-refractivity contribution in [2.45, 2.75) is 18.2 Å². The summed E-state index contributed by atoms with van der Waals surface area (Å²) in [5.41, 5.74) is 0. The Kier molecular flexibility index (Phi) is 2.06. The van der Waals surface area contributed by atoms with Crippen molar-refractivity contribution >= 4 is 11.8 Å². The number of fused-ring (bicyclic) bond motifs is 1. The molecule has 0 saturated carbocycles. The molecule has 0 spiro atoms. The predicted molar refractivity (Wildman–Crippen MR) is 48.1 cm³/mol. The van der Waals surface area contributed by atoms with Gasteiger partial charge < -0.3 is 4.57 Å². The molecule has 0 aromatic carbocycles. The fourth-order valence-corrected chi connectivity index (χ4v) is 1.94. The van der Waals surface area contributed by atoms with Crippen LogP contribution in [0.3, 0.4) is 0 Å². The highest BCUT2D eigenvalue weighted by molar-refractivity contribution is 7.98. The van der Waals surface area contributed by atoms with Gasteiger partial charge in [0.15, 0.2) is 5.16 Å². The van der Waals surface area contributed by atoms with Crippen molar-refractivity contribution in [3.8, 4) is 0 Å². The number of likely N-dealkylation sites (N-methyl/N-ethyl adjacent to an activating group) is 1. The Balaban J connectivity index is 2.32. The van der Waals surface area contributed by atoms with Gasteiger partial charge in [0.2, 0.25) is 0 Å². The minimum absolute atomic E-state index is 0.924. The summed E-state index contributed by atoms with van der Waals surface area (Å²) in [4.78, 5) is 2.26. The van der Waals surface area contributed by atoms with Gasteiger partial charge in [-0.2, -0.15) is 0 Å². The molecule has 1 aromatic rings. The van der Waals surface area contributed by atoms with Crippen LogP contribution in [0.25, 0.3) is 0 Å². The average molecular weight is 184 g/mol. The van der Waals surface area contributed by atoms with Gasteiger partial charge in [0.05, 0.1) is 6.54 Å². The third-order valence-corrected chi connectivity index (χ3v) is 2.76. The van der Waals surface area contributed by atoms with Gasteiger partial charge in [0.1, 0.15) is 5.82 Å². The first-order valence-corrected chi connectivity index (χ1v) is 5.18. The highest BCUT2D eigenvalue weighted by atomic mass is 32.2. The molecule has 0 saturated heterocycles. The molecule has 2 rings (SSSR count). The smallest absolute Gasteiger partial charge is 0.191 e. The molecular weight excluding hydrogens is 172 g/mol. The van der Waals surface area contributed by atoms with E-state index >= 15 is 0 Å². The molecule has 5 heteroatoms. The lowest BCUT2D eigenvalue weighted by Crippen LogP contribution is -2.30. The molecule has 0 aliphatic carbocycles. The quantitative estimate of drug-likeness (QED) is 0.593. The van der Waals surface area contributed by atoms with Crippen LogP contribution in [-0.2, 0) is 13.1 Å². The molecule has 2 heterocycles. The summed E-state index contributed by atoms with van der Waals surface area (Å²) in [6, 6.07) is 0. The van der Waals surface area contributed by atoms with Crippen LogP contribution in [0.15, 0.2) is 5.16 Å². The number of rotatable bonds is 1. The summed E-state index contributed by atoms with van der Waals surface area (Å²) < 4.78 is 2.20. The van der Waals surface area contributed by atoms with Crippen LogP contribution in [0, 0.1) is 0 Å². The Labute approximate surface area is 76.0 Å². The molecule has 0 bridgehead atoms. The van der Waals surface area contributed by atoms with Crippen LogP contribution < -0.4 is 0 Å². The standard InChI is InChI=1S/C7H12N4S/c1-10-3-4-11-6(5-10)8-9-7(11)12-2/h3-5H2,1-2H3. The van der Waals surface area contributed by atoms with Crippen molar-refractivity contribution in [3.05, 3.63) is 5.82 Å². The first-order chi connectivity index (χ1) is 5.81. The van der Waals surface area contributed by atoms with E-state index in [9.17, 15) is 0 Å². The van der Waals surface area contributed by atoms with Crippen LogP contribution >= 0.6 is 11.8 Å². The van der Waals surface area contributed by atoms with Gasteiger partial charge in [-0.15, -0.1) is 10.2 Å². The molecular formula is C7H12N4S. The van der Waals surface area contributed by atoms with Gasteiger partial charge in [-0.05, 0) is 13.3 Å². The first kappa shape index (κ1) is 8.07. The van der Waals surface area contributed by atoms with E-state index in [2.05, 4.69) is 26.7 Å². The minimum Gasteiger partial charge on any atom is -0.304 e. The van der Waals surface area contributed by atoms with Crippen LogP contribution in [0.5, 0.6) is 0 Å². The third-order valence-electron chi connectivity index (χ3n) is 2.09. The maximum Gasteiger partial charge on any atom is 0.191 e. The van der Waals surface area contributed by atoms with Gasteiger partial charge in [0.25, 0.3) is 0 Å². The monoisotopic (exact) mass is 184 g/mol. The van der Waals surface area contributed by atoms with E-state index in [-0.39, 0.29) is 0 Å². The van der Waals surface area contributed by atoms with Gasteiger partial charge in [0, 0.05) is 13.1 Å². The van der Waals surface area contributed by atoms with Gasteiger partial charge in [-0.1, -0.05) is 11.8 Å². The summed E-state index contributed by atoms with van der Waals surface area (Å²) in [7, 11) is 2.11. The molecule has 0 amide bonds. The molecule has 0 N–H and O–H groups in total. The zero-order valence-electron chi connectivity index (χ0n) is 7.32. The van der Waals surface area contributed by atoms with Gasteiger partial charge in [-0.25, -0.2) is 0 Å². The topological polar surface area (TPSA) is 34.0 Å². The highest BCUT2D eigenvalue weighted by Crippen LogP contribution is 2.17. The SMILES string of the molecule is CSc1nnc2n1CCN(C)C2. The highest BCUT2D eigenvalue weighted by Gasteiger charge is 2.17. The third kappa shape index (κ3) is 1.23. The van der Waals surface area contributed by atoms with E-state index in [1.165, 1.54) is 0 Å². The predicted octanol–water partition coefficient (Wildman–Crippen LogP) is 0.445. The maximum absolute atomic E-state index is 4.13. The molecule has 4 nitrogen and oxygen atoms in total. The number of hydrogen-bond acceptors (Lipinski definition) is 4. The Hall–Kier alpha value is -0.550. The molecule has 66 valence electrons. The Morgan fingerprint density at radius 1 is 1.33 bits per heavy atom. The van der Waals surface area contributed by atoms with Crippen LogP contribution in [0.4, 0.5) is 0 Å². The Morgan fingerprint density at radius 2 is 2.17 bits per heavy atom. The summed E-state index contributed by atoms with van der Waals surface area (Å²) >= 11 is 1.66. The zero-order chi connectivity index (χ0) is 8.55. The van der Waals surface area contributed by atoms with Gasteiger partial charge in [-0.3, -0.25) is 4.90 Å². The van der Waals surface area contributed by atoms with Crippen molar-refractivity contribution in [3.63, 3.8) is 0 Å². The van der Waals surface area contributed by atoms with Crippen molar-refractivity contribution in [1.29, 1.82) is 0 Å². The van der Waals surface area contributed by atoms with Crippen LogP contribution in [-0.4, -0.2) is 39.5 Å². The Morgan fingerprint density at radius 3 is 2.92 bits per heavy atom. The second-order valence-electron chi connectivity index (χ2n) is 2.99. The molecule has 0 atom stereocenters. The number of hydrogen-bond donors (Lipinski definition) is 0. The molecule has 1 aliphatic rings. The number of aromatic nitrogens is 3. The summed E-state index contributed by atoms with van der Waals surface area (Å²) in [5.74, 6) is 1.09. The summed E-state index contributed by atoms with van der Waals surface area (Å²) in [6.07, 6.45) is 2.04. The molecule has 1 aliphatic heterocycles. The summed E-state index contributed by atoms with van der Waals surface area (Å²) in [6.45, 7) is 3.04. The zero-order valence-corrected chi connectivity index (χ0v) is 8.13. The van der Waals surface area contributed by atoms with E-state index in [0.29, 0.717) is 0 Å². The van der Waals surface area contributed by atoms with Gasteiger partial charge >= 0.3 is 0 Å². The minimum atomic E-state index is 0.924. The molecule has 0 radical (unpaired) electrons. The fourth-order valence-electron chi connectivity index (χ4n) is 1.40. The van der Waals surface area contributed by atoms with E-state index in [1.54, 1.807) is 11.8 Å². The second kappa shape index (κ2) is 3.06.